The van der Waals surface area contributed by atoms with Crippen LogP contribution in [0.15, 0.2) is 6.07 Å². The minimum Gasteiger partial charge on any atom is -0.481 e. The van der Waals surface area contributed by atoms with Gasteiger partial charge in [0.2, 0.25) is 21.8 Å². The van der Waals surface area contributed by atoms with Crippen molar-refractivity contribution in [3.63, 3.8) is 0 Å². The Kier molecular flexibility index (Phi) is 3.77. The first kappa shape index (κ1) is 14.5. The molecule has 1 atom stereocenters. The van der Waals surface area contributed by atoms with Gasteiger partial charge in [0, 0.05) is 19.0 Å². The molecule has 2 N–H and O–H groups in total. The van der Waals surface area contributed by atoms with Gasteiger partial charge in [-0.3, -0.25) is 9.69 Å². The van der Waals surface area contributed by atoms with Crippen LogP contribution in [0.1, 0.15) is 6.42 Å². The first-order valence-corrected chi connectivity index (χ1v) is 7.25. The van der Waals surface area contributed by atoms with E-state index in [1.165, 1.54) is 25.2 Å². The minimum atomic E-state index is -3.78. The van der Waals surface area contributed by atoms with Crippen LogP contribution in [0.25, 0.3) is 0 Å². The first-order valence-electron chi connectivity index (χ1n) is 5.64. The summed E-state index contributed by atoms with van der Waals surface area (Å²) < 4.78 is 32.5. The maximum atomic E-state index is 11.9. The molecule has 1 aromatic heterocycles. The van der Waals surface area contributed by atoms with E-state index in [0.717, 1.165) is 0 Å². The van der Waals surface area contributed by atoms with Crippen LogP contribution < -0.4 is 19.5 Å². The predicted octanol–water partition coefficient (Wildman–Crippen LogP) is -1.11. The Labute approximate surface area is 115 Å². The predicted molar refractivity (Wildman–Crippen MR) is 69.0 cm³/mol. The maximum Gasteiger partial charge on any atom is 0.321 e. The minimum absolute atomic E-state index is 0.0196. The second-order valence-corrected chi connectivity index (χ2v) is 6.02. The third-order valence-corrected chi connectivity index (χ3v) is 4.14. The molecule has 9 nitrogen and oxygen atoms in total. The zero-order chi connectivity index (χ0) is 14.9. The molecule has 1 aromatic rings. The van der Waals surface area contributed by atoms with Crippen molar-refractivity contribution in [2.24, 2.45) is 5.14 Å². The number of rotatable bonds is 4. The van der Waals surface area contributed by atoms with Crippen LogP contribution in [0.5, 0.6) is 11.9 Å². The van der Waals surface area contributed by atoms with Crippen molar-refractivity contribution in [2.75, 3.05) is 25.7 Å². The highest BCUT2D eigenvalue weighted by molar-refractivity contribution is 7.89. The Hall–Kier alpha value is -1.94. The molecule has 0 aromatic carbocycles. The van der Waals surface area contributed by atoms with Gasteiger partial charge in [-0.1, -0.05) is 0 Å². The van der Waals surface area contributed by atoms with Crippen molar-refractivity contribution in [2.45, 2.75) is 11.7 Å². The number of hydrogen-bond donors (Lipinski definition) is 1. The van der Waals surface area contributed by atoms with Gasteiger partial charge in [0.25, 0.3) is 0 Å². The van der Waals surface area contributed by atoms with Crippen molar-refractivity contribution in [1.82, 2.24) is 9.97 Å². The van der Waals surface area contributed by atoms with Crippen LogP contribution in [0.3, 0.4) is 0 Å². The number of methoxy groups -OCH3 is 2. The fourth-order valence-corrected chi connectivity index (χ4v) is 2.57. The van der Waals surface area contributed by atoms with Gasteiger partial charge in [-0.15, -0.1) is 0 Å². The molecule has 2 heterocycles. The monoisotopic (exact) mass is 302 g/mol. The Bertz CT molecular complexity index is 610. The van der Waals surface area contributed by atoms with Crippen LogP contribution in [0, 0.1) is 0 Å². The number of sulfonamides is 1. The fourth-order valence-electron chi connectivity index (χ4n) is 1.84. The number of primary sulfonamides is 1. The van der Waals surface area contributed by atoms with E-state index < -0.39 is 15.3 Å². The number of carbonyl (C=O) groups excluding carboxylic acids is 1. The number of carbonyl (C=O) groups is 1. The van der Waals surface area contributed by atoms with Crippen LogP contribution in [-0.4, -0.2) is 50.3 Å². The third-order valence-electron chi connectivity index (χ3n) is 2.89. The highest BCUT2D eigenvalue weighted by Crippen LogP contribution is 2.26. The molecule has 20 heavy (non-hydrogen) atoms. The summed E-state index contributed by atoms with van der Waals surface area (Å²) >= 11 is 0. The van der Waals surface area contributed by atoms with E-state index >= 15 is 0 Å². The topological polar surface area (TPSA) is 125 Å². The van der Waals surface area contributed by atoms with Gasteiger partial charge in [-0.05, 0) is 0 Å². The van der Waals surface area contributed by atoms with E-state index in [4.69, 9.17) is 14.6 Å². The number of aromatic nitrogens is 2. The number of hydrogen-bond acceptors (Lipinski definition) is 7. The van der Waals surface area contributed by atoms with Crippen LogP contribution in [0.4, 0.5) is 5.82 Å². The summed E-state index contributed by atoms with van der Waals surface area (Å²) in [6.45, 7) is -0.0546. The maximum absolute atomic E-state index is 11.9. The molecule has 0 bridgehead atoms. The molecule has 0 saturated carbocycles. The lowest BCUT2D eigenvalue weighted by atomic mass is 10.4. The molecular formula is C10H14N4O5S. The number of nitrogens with two attached hydrogens (primary N) is 1. The van der Waals surface area contributed by atoms with E-state index in [-0.39, 0.29) is 36.6 Å². The van der Waals surface area contributed by atoms with Crippen LogP contribution >= 0.6 is 0 Å². The highest BCUT2D eigenvalue weighted by Gasteiger charge is 2.38. The Balaban J connectivity index is 2.34. The van der Waals surface area contributed by atoms with Gasteiger partial charge in [0.15, 0.2) is 0 Å². The van der Waals surface area contributed by atoms with E-state index in [9.17, 15) is 13.2 Å². The molecule has 0 aliphatic carbocycles. The average Bonchev–Trinajstić information content (AvgIpc) is 2.80. The average molecular weight is 302 g/mol. The summed E-state index contributed by atoms with van der Waals surface area (Å²) in [5.74, 6) is 0.0374. The van der Waals surface area contributed by atoms with Crippen molar-refractivity contribution in [1.29, 1.82) is 0 Å². The van der Waals surface area contributed by atoms with E-state index in [2.05, 4.69) is 9.97 Å². The van der Waals surface area contributed by atoms with Gasteiger partial charge in [0.05, 0.1) is 14.2 Å². The van der Waals surface area contributed by atoms with Gasteiger partial charge in [-0.2, -0.15) is 9.97 Å². The summed E-state index contributed by atoms with van der Waals surface area (Å²) in [5, 5.41) is 4.12. The lowest BCUT2D eigenvalue weighted by molar-refractivity contribution is -0.117. The van der Waals surface area contributed by atoms with E-state index in [1.807, 2.05) is 0 Å². The smallest absolute Gasteiger partial charge is 0.321 e. The van der Waals surface area contributed by atoms with Gasteiger partial charge in [0.1, 0.15) is 11.1 Å². The van der Waals surface area contributed by atoms with Gasteiger partial charge < -0.3 is 9.47 Å². The Morgan fingerprint density at radius 2 is 2.05 bits per heavy atom. The standard InChI is InChI=1S/C10H14N4O5S/c1-18-8-4-7(12-10(13-8)19-2)14-5-6(3-9(14)15)20(11,16)17/h4,6H,3,5H2,1-2H3,(H2,11,16,17). The summed E-state index contributed by atoms with van der Waals surface area (Å²) in [6, 6.07) is 1.44. The van der Waals surface area contributed by atoms with Gasteiger partial charge in [-0.25, -0.2) is 13.6 Å². The quantitative estimate of drug-likeness (QED) is 0.747. The van der Waals surface area contributed by atoms with Crippen molar-refractivity contribution in [3.8, 4) is 11.9 Å². The van der Waals surface area contributed by atoms with Crippen molar-refractivity contribution < 1.29 is 22.7 Å². The SMILES string of the molecule is COc1cc(N2CC(S(N)(=O)=O)CC2=O)nc(OC)n1. The highest BCUT2D eigenvalue weighted by atomic mass is 32.2. The molecule has 110 valence electrons. The number of amides is 1. The molecule has 1 amide bonds. The second-order valence-electron chi connectivity index (χ2n) is 4.17. The lowest BCUT2D eigenvalue weighted by Crippen LogP contribution is -2.32. The first-order chi connectivity index (χ1) is 9.35. The van der Waals surface area contributed by atoms with Crippen LogP contribution in [-0.2, 0) is 14.8 Å². The fraction of sp³-hybridized carbons (Fsp3) is 0.500. The third kappa shape index (κ3) is 2.80. The summed E-state index contributed by atoms with van der Waals surface area (Å²) in [6.07, 6.45) is -0.173. The van der Waals surface area contributed by atoms with Crippen molar-refractivity contribution >= 4 is 21.7 Å². The van der Waals surface area contributed by atoms with Crippen LogP contribution in [0.2, 0.25) is 0 Å². The molecule has 0 radical (unpaired) electrons. The zero-order valence-electron chi connectivity index (χ0n) is 10.9. The molecule has 1 unspecified atom stereocenters. The van der Waals surface area contributed by atoms with E-state index in [1.54, 1.807) is 0 Å². The zero-order valence-corrected chi connectivity index (χ0v) is 11.8. The summed E-state index contributed by atoms with van der Waals surface area (Å²) in [7, 11) is -0.996. The lowest BCUT2D eigenvalue weighted by Gasteiger charge is -2.16. The molecule has 10 heteroatoms. The largest absolute Gasteiger partial charge is 0.481 e. The van der Waals surface area contributed by atoms with Crippen molar-refractivity contribution in [3.05, 3.63) is 6.07 Å². The van der Waals surface area contributed by atoms with E-state index in [0.29, 0.717) is 0 Å². The summed E-state index contributed by atoms with van der Waals surface area (Å²) in [5.41, 5.74) is 0. The summed E-state index contributed by atoms with van der Waals surface area (Å²) in [4.78, 5) is 21.0. The molecule has 2 rings (SSSR count). The second kappa shape index (κ2) is 5.21. The molecule has 1 aliphatic rings. The molecule has 1 fully saturated rings. The number of ether oxygens (including phenoxy) is 2. The Morgan fingerprint density at radius 3 is 2.55 bits per heavy atom. The van der Waals surface area contributed by atoms with Gasteiger partial charge >= 0.3 is 6.01 Å². The molecule has 1 aliphatic heterocycles. The molecule has 1 saturated heterocycles. The number of nitrogens with zero attached hydrogens (tertiary/aromatic N) is 3. The normalized spacial score (nSPS) is 19.2. The molecule has 0 spiro atoms. The Morgan fingerprint density at radius 1 is 1.35 bits per heavy atom. The molecular weight excluding hydrogens is 288 g/mol. The number of anilines is 1.